The van der Waals surface area contributed by atoms with E-state index in [2.05, 4.69) is 0 Å². The molecule has 0 heterocycles. The zero-order chi connectivity index (χ0) is 13.8. The Morgan fingerprint density at radius 3 is 2.42 bits per heavy atom. The minimum Gasteiger partial charge on any atom is -0.258 e. The maximum atomic E-state index is 13.6. The summed E-state index contributed by atoms with van der Waals surface area (Å²) in [7, 11) is 0. The average molecular weight is 278 g/mol. The van der Waals surface area contributed by atoms with Gasteiger partial charge in [-0.1, -0.05) is 35.9 Å². The van der Waals surface area contributed by atoms with E-state index >= 15 is 0 Å². The van der Waals surface area contributed by atoms with Gasteiger partial charge in [0.05, 0.1) is 15.5 Å². The first-order valence-corrected chi connectivity index (χ1v) is 5.83. The lowest BCUT2D eigenvalue weighted by molar-refractivity contribution is -0.374. The minimum atomic E-state index is -0.595. The highest BCUT2D eigenvalue weighted by atomic mass is 35.5. The van der Waals surface area contributed by atoms with E-state index < -0.39 is 10.7 Å². The van der Waals surface area contributed by atoms with Gasteiger partial charge in [-0.15, -0.1) is 0 Å². The second-order valence-corrected chi connectivity index (χ2v) is 4.20. The Hall–Kier alpha value is -2.20. The molecule has 0 unspecified atom stereocenters. The van der Waals surface area contributed by atoms with Crippen molar-refractivity contribution in [2.45, 2.75) is 0 Å². The van der Waals surface area contributed by atoms with E-state index in [-0.39, 0.29) is 16.3 Å². The van der Waals surface area contributed by atoms with Crippen LogP contribution in [0.1, 0.15) is 11.1 Å². The molecule has 96 valence electrons. The number of hydrogen-bond acceptors (Lipinski definition) is 2. The second-order valence-electron chi connectivity index (χ2n) is 3.79. The monoisotopic (exact) mass is 277 g/mol. The maximum Gasteiger partial charge on any atom is 0.277 e. The average Bonchev–Trinajstić information content (AvgIpc) is 2.39. The number of hydrogen-bond donors (Lipinski definition) is 0. The number of benzene rings is 2. The number of nitro groups is 1. The molecule has 0 aliphatic rings. The van der Waals surface area contributed by atoms with Gasteiger partial charge in [0.25, 0.3) is 5.70 Å². The predicted molar refractivity (Wildman–Crippen MR) is 72.7 cm³/mol. The third-order valence-corrected chi connectivity index (χ3v) is 2.88. The molecule has 5 heteroatoms. The lowest BCUT2D eigenvalue weighted by Crippen LogP contribution is -1.98. The van der Waals surface area contributed by atoms with Gasteiger partial charge in [0.15, 0.2) is 0 Å². The molecule has 0 atom stereocenters. The van der Waals surface area contributed by atoms with Gasteiger partial charge >= 0.3 is 0 Å². The molecule has 0 fully saturated rings. The molecule has 0 aliphatic heterocycles. The van der Waals surface area contributed by atoms with Crippen LogP contribution in [0.2, 0.25) is 5.02 Å². The normalized spacial score (nSPS) is 11.4. The summed E-state index contributed by atoms with van der Waals surface area (Å²) in [5, 5.41) is 11.2. The van der Waals surface area contributed by atoms with Crippen LogP contribution in [0.25, 0.3) is 11.8 Å². The zero-order valence-electron chi connectivity index (χ0n) is 9.72. The van der Waals surface area contributed by atoms with E-state index in [1.165, 1.54) is 18.2 Å². The van der Waals surface area contributed by atoms with Crippen molar-refractivity contribution < 1.29 is 9.31 Å². The fourth-order valence-corrected chi connectivity index (χ4v) is 1.85. The molecule has 0 N–H and O–H groups in total. The van der Waals surface area contributed by atoms with Crippen LogP contribution in [0, 0.1) is 15.9 Å². The Kier molecular flexibility index (Phi) is 3.92. The molecular formula is C14H9ClFNO2. The van der Waals surface area contributed by atoms with Crippen molar-refractivity contribution in [3.8, 4) is 0 Å². The quantitative estimate of drug-likeness (QED) is 0.478. The van der Waals surface area contributed by atoms with E-state index in [0.29, 0.717) is 5.56 Å². The highest BCUT2D eigenvalue weighted by Crippen LogP contribution is 2.25. The molecule has 0 aliphatic carbocycles. The summed E-state index contributed by atoms with van der Waals surface area (Å²) in [6.07, 6.45) is 1.15. The molecule has 0 saturated heterocycles. The largest absolute Gasteiger partial charge is 0.277 e. The molecule has 0 saturated carbocycles. The third kappa shape index (κ3) is 2.98. The molecule has 3 nitrogen and oxygen atoms in total. The summed E-state index contributed by atoms with van der Waals surface area (Å²) in [4.78, 5) is 10.5. The van der Waals surface area contributed by atoms with E-state index in [1.807, 2.05) is 0 Å². The first kappa shape index (κ1) is 13.2. The number of nitrogens with zero attached hydrogens (tertiary/aromatic N) is 1. The van der Waals surface area contributed by atoms with Crippen LogP contribution in [0.5, 0.6) is 0 Å². The topological polar surface area (TPSA) is 43.1 Å². The maximum absolute atomic E-state index is 13.6. The molecule has 0 amide bonds. The van der Waals surface area contributed by atoms with Crippen molar-refractivity contribution in [3.63, 3.8) is 0 Å². The van der Waals surface area contributed by atoms with Crippen LogP contribution in [0.3, 0.4) is 0 Å². The Morgan fingerprint density at radius 1 is 1.16 bits per heavy atom. The molecule has 0 radical (unpaired) electrons. The van der Waals surface area contributed by atoms with Gasteiger partial charge in [-0.3, -0.25) is 10.1 Å². The van der Waals surface area contributed by atoms with Gasteiger partial charge < -0.3 is 0 Å². The van der Waals surface area contributed by atoms with Crippen LogP contribution in [0.15, 0.2) is 48.5 Å². The van der Waals surface area contributed by atoms with Gasteiger partial charge in [0, 0.05) is 11.6 Å². The fraction of sp³-hybridized carbons (Fsp3) is 0. The Morgan fingerprint density at radius 2 is 1.84 bits per heavy atom. The van der Waals surface area contributed by atoms with Crippen molar-refractivity contribution >= 4 is 23.4 Å². The molecule has 2 aromatic rings. The summed E-state index contributed by atoms with van der Waals surface area (Å²) < 4.78 is 13.6. The standard InChI is InChI=1S/C14H9ClFNO2/c15-12-7-4-8-13(16)11(12)9-14(17(18)19)10-5-2-1-3-6-10/h1-9H. The molecular weight excluding hydrogens is 269 g/mol. The molecule has 0 aromatic heterocycles. The Balaban J connectivity index is 2.57. The zero-order valence-corrected chi connectivity index (χ0v) is 10.5. The first-order valence-electron chi connectivity index (χ1n) is 5.45. The summed E-state index contributed by atoms with van der Waals surface area (Å²) in [5.74, 6) is -0.595. The number of halogens is 2. The van der Waals surface area contributed by atoms with Gasteiger partial charge in [-0.25, -0.2) is 4.39 Å². The lowest BCUT2D eigenvalue weighted by atomic mass is 10.1. The molecule has 2 aromatic carbocycles. The van der Waals surface area contributed by atoms with Crippen LogP contribution >= 0.6 is 11.6 Å². The Bertz CT molecular complexity index is 621. The van der Waals surface area contributed by atoms with E-state index in [0.717, 1.165) is 6.08 Å². The van der Waals surface area contributed by atoms with Gasteiger partial charge in [-0.05, 0) is 24.3 Å². The summed E-state index contributed by atoms with van der Waals surface area (Å²) in [5.41, 5.74) is 0.208. The summed E-state index contributed by atoms with van der Waals surface area (Å²) in [6, 6.07) is 12.4. The van der Waals surface area contributed by atoms with Crippen molar-refractivity contribution in [1.29, 1.82) is 0 Å². The molecule has 0 bridgehead atoms. The smallest absolute Gasteiger partial charge is 0.258 e. The predicted octanol–water partition coefficient (Wildman–Crippen LogP) is 4.25. The van der Waals surface area contributed by atoms with Crippen molar-refractivity contribution in [1.82, 2.24) is 0 Å². The third-order valence-electron chi connectivity index (χ3n) is 2.55. The van der Waals surface area contributed by atoms with E-state index in [9.17, 15) is 14.5 Å². The number of rotatable bonds is 3. The van der Waals surface area contributed by atoms with Crippen LogP contribution in [-0.2, 0) is 0 Å². The van der Waals surface area contributed by atoms with Gasteiger partial charge in [-0.2, -0.15) is 0 Å². The molecule has 2 rings (SSSR count). The molecule has 0 spiro atoms. The minimum absolute atomic E-state index is 0.0136. The van der Waals surface area contributed by atoms with Crippen LogP contribution in [-0.4, -0.2) is 4.92 Å². The first-order chi connectivity index (χ1) is 9.09. The van der Waals surface area contributed by atoms with Crippen molar-refractivity contribution in [2.75, 3.05) is 0 Å². The van der Waals surface area contributed by atoms with Crippen molar-refractivity contribution in [3.05, 3.63) is 80.6 Å². The summed E-state index contributed by atoms with van der Waals surface area (Å²) in [6.45, 7) is 0. The van der Waals surface area contributed by atoms with E-state index in [1.54, 1.807) is 30.3 Å². The van der Waals surface area contributed by atoms with Crippen molar-refractivity contribution in [2.24, 2.45) is 0 Å². The highest BCUT2D eigenvalue weighted by Gasteiger charge is 2.16. The second kappa shape index (κ2) is 5.63. The van der Waals surface area contributed by atoms with Crippen LogP contribution in [0.4, 0.5) is 4.39 Å². The Labute approximate surface area is 114 Å². The van der Waals surface area contributed by atoms with Gasteiger partial charge in [0.2, 0.25) is 0 Å². The van der Waals surface area contributed by atoms with E-state index in [4.69, 9.17) is 11.6 Å². The summed E-state index contributed by atoms with van der Waals surface area (Å²) >= 11 is 5.86. The fourth-order valence-electron chi connectivity index (χ4n) is 1.64. The van der Waals surface area contributed by atoms with Crippen LogP contribution < -0.4 is 0 Å². The van der Waals surface area contributed by atoms with Gasteiger partial charge in [0.1, 0.15) is 5.82 Å². The molecule has 19 heavy (non-hydrogen) atoms. The highest BCUT2D eigenvalue weighted by molar-refractivity contribution is 6.32. The SMILES string of the molecule is O=[N+]([O-])C(=Cc1c(F)cccc1Cl)c1ccccc1. The lowest BCUT2D eigenvalue weighted by Gasteiger charge is -2.02.